The minimum Gasteiger partial charge on any atom is -0.385 e. The molecule has 106 valence electrons. The van der Waals surface area contributed by atoms with Gasteiger partial charge < -0.3 is 10.1 Å². The molecule has 0 aliphatic rings. The van der Waals surface area contributed by atoms with E-state index in [2.05, 4.69) is 20.7 Å². The Morgan fingerprint density at radius 1 is 1.40 bits per heavy atom. The van der Waals surface area contributed by atoms with E-state index in [-0.39, 0.29) is 0 Å². The number of hydrazine groups is 1. The maximum Gasteiger partial charge on any atom is 0.210 e. The predicted octanol–water partition coefficient (Wildman–Crippen LogP) is 1.50. The van der Waals surface area contributed by atoms with Gasteiger partial charge in [0, 0.05) is 49.1 Å². The summed E-state index contributed by atoms with van der Waals surface area (Å²) in [6.07, 6.45) is 4.44. The van der Waals surface area contributed by atoms with Gasteiger partial charge in [-0.25, -0.2) is 5.84 Å². The third kappa shape index (κ3) is 3.66. The minimum atomic E-state index is 0.533. The van der Waals surface area contributed by atoms with Crippen molar-refractivity contribution in [3.63, 3.8) is 0 Å². The number of fused-ring (bicyclic) bond motifs is 1. The van der Waals surface area contributed by atoms with Crippen molar-refractivity contribution in [3.8, 4) is 0 Å². The second-order valence-corrected chi connectivity index (χ2v) is 4.25. The number of rotatable bonds is 5. The average molecular weight is 273 g/mol. The number of nitrogens with zero attached hydrogens (tertiary/aromatic N) is 2. The molecule has 0 bridgehead atoms. The number of anilines is 1. The number of hydrogen-bond acceptors (Lipinski definition) is 4. The van der Waals surface area contributed by atoms with E-state index >= 15 is 0 Å². The van der Waals surface area contributed by atoms with Crippen LogP contribution >= 0.6 is 0 Å². The molecule has 0 atom stereocenters. The van der Waals surface area contributed by atoms with Crippen LogP contribution in [0.1, 0.15) is 6.42 Å². The van der Waals surface area contributed by atoms with Crippen LogP contribution in [-0.2, 0) is 4.74 Å². The van der Waals surface area contributed by atoms with Gasteiger partial charge in [0.15, 0.2) is 0 Å². The van der Waals surface area contributed by atoms with Crippen LogP contribution in [0.2, 0.25) is 0 Å². The Morgan fingerprint density at radius 2 is 2.30 bits per heavy atom. The highest BCUT2D eigenvalue weighted by atomic mass is 16.5. The highest BCUT2D eigenvalue weighted by Crippen LogP contribution is 2.21. The number of aromatic nitrogens is 1. The van der Waals surface area contributed by atoms with E-state index in [1.54, 1.807) is 13.3 Å². The first-order chi connectivity index (χ1) is 9.85. The summed E-state index contributed by atoms with van der Waals surface area (Å²) in [4.78, 5) is 8.47. The molecule has 4 N–H and O–H groups in total. The molecule has 0 spiro atoms. The van der Waals surface area contributed by atoms with Crippen LogP contribution < -0.4 is 16.6 Å². The molecule has 0 saturated heterocycles. The predicted molar refractivity (Wildman–Crippen MR) is 81.5 cm³/mol. The molecule has 2 rings (SSSR count). The van der Waals surface area contributed by atoms with Gasteiger partial charge in [0.05, 0.1) is 0 Å². The normalized spacial score (nSPS) is 11.6. The molecular weight excluding hydrogens is 254 g/mol. The van der Waals surface area contributed by atoms with E-state index in [1.165, 1.54) is 0 Å². The molecule has 1 heterocycles. The molecule has 0 aliphatic heterocycles. The van der Waals surface area contributed by atoms with Gasteiger partial charge in [0.2, 0.25) is 5.96 Å². The van der Waals surface area contributed by atoms with Crippen molar-refractivity contribution in [3.05, 3.63) is 36.7 Å². The second kappa shape index (κ2) is 7.42. The highest BCUT2D eigenvalue weighted by molar-refractivity contribution is 6.02. The lowest BCUT2D eigenvalue weighted by molar-refractivity contribution is 0.197. The summed E-state index contributed by atoms with van der Waals surface area (Å²) in [5.41, 5.74) is 3.51. The van der Waals surface area contributed by atoms with Crippen LogP contribution in [0.3, 0.4) is 0 Å². The lowest BCUT2D eigenvalue weighted by atomic mass is 10.1. The first-order valence-electron chi connectivity index (χ1n) is 6.45. The highest BCUT2D eigenvalue weighted by Gasteiger charge is 2.02. The number of hydrogen-bond donors (Lipinski definition) is 3. The molecule has 1 aromatic carbocycles. The lowest BCUT2D eigenvalue weighted by Gasteiger charge is -2.11. The first-order valence-corrected chi connectivity index (χ1v) is 6.45. The minimum absolute atomic E-state index is 0.533. The summed E-state index contributed by atoms with van der Waals surface area (Å²) in [5, 5.41) is 5.33. The SMILES string of the molecule is COCCCN=C(NN)Nc1cccc2cnccc12. The lowest BCUT2D eigenvalue weighted by Crippen LogP contribution is -2.36. The summed E-state index contributed by atoms with van der Waals surface area (Å²) >= 11 is 0. The summed E-state index contributed by atoms with van der Waals surface area (Å²) in [5.74, 6) is 6.03. The van der Waals surface area contributed by atoms with Crippen molar-refractivity contribution >= 4 is 22.4 Å². The van der Waals surface area contributed by atoms with Crippen molar-refractivity contribution in [2.45, 2.75) is 6.42 Å². The summed E-state index contributed by atoms with van der Waals surface area (Å²) in [7, 11) is 1.67. The number of benzene rings is 1. The molecule has 1 aromatic heterocycles. The maximum atomic E-state index is 5.49. The number of aliphatic imine (C=N–C) groups is 1. The second-order valence-electron chi connectivity index (χ2n) is 4.25. The zero-order valence-electron chi connectivity index (χ0n) is 11.5. The smallest absolute Gasteiger partial charge is 0.210 e. The molecule has 0 aliphatic carbocycles. The van der Waals surface area contributed by atoms with Gasteiger partial charge in [-0.1, -0.05) is 12.1 Å². The molecule has 0 unspecified atom stereocenters. The largest absolute Gasteiger partial charge is 0.385 e. The number of nitrogens with two attached hydrogens (primary N) is 1. The van der Waals surface area contributed by atoms with Gasteiger partial charge in [-0.05, 0) is 18.6 Å². The van der Waals surface area contributed by atoms with Gasteiger partial charge >= 0.3 is 0 Å². The fourth-order valence-corrected chi connectivity index (χ4v) is 1.88. The van der Waals surface area contributed by atoms with Gasteiger partial charge in [0.25, 0.3) is 0 Å². The molecule has 2 aromatic rings. The van der Waals surface area contributed by atoms with Gasteiger partial charge in [0.1, 0.15) is 0 Å². The Labute approximate surface area is 118 Å². The number of nitrogens with one attached hydrogen (secondary N) is 2. The topological polar surface area (TPSA) is 84.6 Å². The van der Waals surface area contributed by atoms with Crippen molar-refractivity contribution in [2.75, 3.05) is 25.6 Å². The molecule has 6 nitrogen and oxygen atoms in total. The van der Waals surface area contributed by atoms with E-state index in [0.29, 0.717) is 19.1 Å². The van der Waals surface area contributed by atoms with E-state index < -0.39 is 0 Å². The van der Waals surface area contributed by atoms with Crippen molar-refractivity contribution in [1.29, 1.82) is 0 Å². The number of methoxy groups -OCH3 is 1. The zero-order valence-corrected chi connectivity index (χ0v) is 11.5. The third-order valence-electron chi connectivity index (χ3n) is 2.85. The first kappa shape index (κ1) is 14.2. The van der Waals surface area contributed by atoms with E-state index in [4.69, 9.17) is 10.6 Å². The Balaban J connectivity index is 2.13. The molecule has 20 heavy (non-hydrogen) atoms. The molecule has 0 fully saturated rings. The summed E-state index contributed by atoms with van der Waals surface area (Å²) in [6.45, 7) is 1.33. The Kier molecular flexibility index (Phi) is 5.28. The average Bonchev–Trinajstić information content (AvgIpc) is 2.50. The van der Waals surface area contributed by atoms with Crippen LogP contribution in [0, 0.1) is 0 Å². The fraction of sp³-hybridized carbons (Fsp3) is 0.286. The summed E-state index contributed by atoms with van der Waals surface area (Å²) < 4.78 is 4.98. The van der Waals surface area contributed by atoms with Crippen molar-refractivity contribution in [1.82, 2.24) is 10.4 Å². The van der Waals surface area contributed by atoms with Gasteiger partial charge in [-0.3, -0.25) is 15.4 Å². The fourth-order valence-electron chi connectivity index (χ4n) is 1.88. The molecule has 0 radical (unpaired) electrons. The van der Waals surface area contributed by atoms with E-state index in [9.17, 15) is 0 Å². The van der Waals surface area contributed by atoms with Crippen LogP contribution in [-0.4, -0.2) is 31.2 Å². The zero-order chi connectivity index (χ0) is 14.2. The Bertz CT molecular complexity index is 579. The Hall–Kier alpha value is -2.18. The van der Waals surface area contributed by atoms with Crippen molar-refractivity contribution in [2.24, 2.45) is 10.8 Å². The standard InChI is InChI=1S/C14H19N5O/c1-20-9-3-7-17-14(19-15)18-13-5-2-4-11-10-16-8-6-12(11)13/h2,4-6,8,10H,3,7,9,15H2,1H3,(H2,17,18,19). The van der Waals surface area contributed by atoms with E-state index in [0.717, 1.165) is 22.9 Å². The maximum absolute atomic E-state index is 5.49. The van der Waals surface area contributed by atoms with Crippen LogP contribution in [0.5, 0.6) is 0 Å². The Morgan fingerprint density at radius 3 is 3.10 bits per heavy atom. The van der Waals surface area contributed by atoms with E-state index in [1.807, 2.05) is 30.5 Å². The van der Waals surface area contributed by atoms with Gasteiger partial charge in [-0.2, -0.15) is 0 Å². The van der Waals surface area contributed by atoms with Crippen LogP contribution in [0.4, 0.5) is 5.69 Å². The quantitative estimate of drug-likeness (QED) is 0.253. The molecule has 6 heteroatoms. The number of pyridine rings is 1. The monoisotopic (exact) mass is 273 g/mol. The number of guanidine groups is 1. The number of ether oxygens (including phenoxy) is 1. The van der Waals surface area contributed by atoms with Crippen LogP contribution in [0.15, 0.2) is 41.7 Å². The molecule has 0 saturated carbocycles. The molecular formula is C14H19N5O. The van der Waals surface area contributed by atoms with Crippen LogP contribution in [0.25, 0.3) is 10.8 Å². The van der Waals surface area contributed by atoms with Crippen molar-refractivity contribution < 1.29 is 4.74 Å². The molecule has 0 amide bonds. The third-order valence-corrected chi connectivity index (χ3v) is 2.85. The summed E-state index contributed by atoms with van der Waals surface area (Å²) in [6, 6.07) is 7.91. The van der Waals surface area contributed by atoms with Gasteiger partial charge in [-0.15, -0.1) is 0 Å².